The summed E-state index contributed by atoms with van der Waals surface area (Å²) in [5, 5.41) is 17.2. The van der Waals surface area contributed by atoms with E-state index in [4.69, 9.17) is 10.2 Å². The Labute approximate surface area is 130 Å². The topological polar surface area (TPSA) is 57.5 Å². The molecule has 21 heavy (non-hydrogen) atoms. The molecular weight excluding hydrogens is 264 g/mol. The van der Waals surface area contributed by atoms with Crippen molar-refractivity contribution >= 4 is 5.97 Å². The Morgan fingerprint density at radius 3 is 1.57 bits per heavy atom. The summed E-state index contributed by atoms with van der Waals surface area (Å²) in [6, 6.07) is 0. The van der Waals surface area contributed by atoms with Crippen molar-refractivity contribution in [3.05, 3.63) is 12.2 Å². The van der Waals surface area contributed by atoms with Crippen LogP contribution in [0.25, 0.3) is 0 Å². The standard InChI is InChI=1S/C18H34O3/c19-17-15-13-11-9-7-5-3-1-2-4-6-8-10-12-14-16-18(20)21/h6,8,19H,1-5,7,9-17H2,(H,20,21). The van der Waals surface area contributed by atoms with Crippen LogP contribution in [0.3, 0.4) is 0 Å². The van der Waals surface area contributed by atoms with E-state index in [1.165, 1.54) is 51.4 Å². The van der Waals surface area contributed by atoms with E-state index >= 15 is 0 Å². The maximum Gasteiger partial charge on any atom is 0.303 e. The van der Waals surface area contributed by atoms with Crippen LogP contribution in [0, 0.1) is 0 Å². The first kappa shape index (κ1) is 20.2. The largest absolute Gasteiger partial charge is 0.481 e. The summed E-state index contributed by atoms with van der Waals surface area (Å²) >= 11 is 0. The van der Waals surface area contributed by atoms with Gasteiger partial charge in [-0.3, -0.25) is 4.79 Å². The van der Waals surface area contributed by atoms with Gasteiger partial charge in [0.05, 0.1) is 0 Å². The number of unbranched alkanes of at least 4 members (excludes halogenated alkanes) is 11. The molecule has 0 aliphatic rings. The Bertz CT molecular complexity index is 249. The SMILES string of the molecule is O=C(O)CCCCC=CCCCCCCCCCCCO. The van der Waals surface area contributed by atoms with Crippen LogP contribution in [0.4, 0.5) is 0 Å². The molecule has 3 heteroatoms. The monoisotopic (exact) mass is 298 g/mol. The maximum absolute atomic E-state index is 10.3. The smallest absolute Gasteiger partial charge is 0.303 e. The lowest BCUT2D eigenvalue weighted by molar-refractivity contribution is -0.137. The van der Waals surface area contributed by atoms with Crippen molar-refractivity contribution in [2.24, 2.45) is 0 Å². The second-order valence-corrected chi connectivity index (χ2v) is 5.81. The number of hydrogen-bond donors (Lipinski definition) is 2. The first-order valence-electron chi connectivity index (χ1n) is 8.75. The second-order valence-electron chi connectivity index (χ2n) is 5.81. The summed E-state index contributed by atoms with van der Waals surface area (Å²) < 4.78 is 0. The third kappa shape index (κ3) is 19.2. The van der Waals surface area contributed by atoms with Crippen LogP contribution >= 0.6 is 0 Å². The summed E-state index contributed by atoms with van der Waals surface area (Å²) in [4.78, 5) is 10.3. The molecule has 0 saturated carbocycles. The lowest BCUT2D eigenvalue weighted by Gasteiger charge is -2.01. The van der Waals surface area contributed by atoms with Gasteiger partial charge in [-0.1, -0.05) is 57.1 Å². The van der Waals surface area contributed by atoms with E-state index in [-0.39, 0.29) is 0 Å². The molecule has 0 atom stereocenters. The zero-order chi connectivity index (χ0) is 15.6. The Morgan fingerprint density at radius 1 is 0.667 bits per heavy atom. The van der Waals surface area contributed by atoms with E-state index in [1.807, 2.05) is 0 Å². The highest BCUT2D eigenvalue weighted by atomic mass is 16.4. The Balaban J connectivity index is 3.06. The van der Waals surface area contributed by atoms with Crippen molar-refractivity contribution < 1.29 is 15.0 Å². The molecule has 0 aliphatic carbocycles. The first-order chi connectivity index (χ1) is 10.3. The van der Waals surface area contributed by atoms with E-state index in [2.05, 4.69) is 12.2 Å². The molecule has 0 fully saturated rings. The highest BCUT2D eigenvalue weighted by Gasteiger charge is 1.94. The molecule has 0 aromatic carbocycles. The number of aliphatic hydroxyl groups excluding tert-OH is 1. The fourth-order valence-corrected chi connectivity index (χ4v) is 2.39. The number of aliphatic hydroxyl groups is 1. The molecule has 0 bridgehead atoms. The van der Waals surface area contributed by atoms with Gasteiger partial charge >= 0.3 is 5.97 Å². The summed E-state index contributed by atoms with van der Waals surface area (Å²) in [6.07, 6.45) is 20.0. The van der Waals surface area contributed by atoms with Gasteiger partial charge in [-0.25, -0.2) is 0 Å². The highest BCUT2D eigenvalue weighted by molar-refractivity contribution is 5.66. The average Bonchev–Trinajstić information content (AvgIpc) is 2.46. The van der Waals surface area contributed by atoms with Crippen molar-refractivity contribution in [1.82, 2.24) is 0 Å². The van der Waals surface area contributed by atoms with Gasteiger partial charge < -0.3 is 10.2 Å². The van der Waals surface area contributed by atoms with Gasteiger partial charge in [0.25, 0.3) is 0 Å². The van der Waals surface area contributed by atoms with Crippen molar-refractivity contribution in [2.45, 2.75) is 89.9 Å². The molecule has 0 heterocycles. The Kier molecular flexibility index (Phi) is 16.5. The van der Waals surface area contributed by atoms with Crippen LogP contribution in [0.1, 0.15) is 89.9 Å². The number of aliphatic carboxylic acids is 1. The van der Waals surface area contributed by atoms with Gasteiger partial charge in [0, 0.05) is 13.0 Å². The van der Waals surface area contributed by atoms with Crippen LogP contribution in [0.5, 0.6) is 0 Å². The number of carboxylic acid groups (broad SMARTS) is 1. The quantitative estimate of drug-likeness (QED) is 0.308. The molecular formula is C18H34O3. The molecule has 0 radical (unpaired) electrons. The van der Waals surface area contributed by atoms with Gasteiger partial charge in [0.1, 0.15) is 0 Å². The molecule has 2 N–H and O–H groups in total. The zero-order valence-electron chi connectivity index (χ0n) is 13.6. The van der Waals surface area contributed by atoms with Crippen molar-refractivity contribution in [1.29, 1.82) is 0 Å². The summed E-state index contributed by atoms with van der Waals surface area (Å²) in [5.74, 6) is -0.688. The van der Waals surface area contributed by atoms with Crippen LogP contribution in [-0.2, 0) is 4.79 Å². The molecule has 0 spiro atoms. The molecule has 124 valence electrons. The molecule has 0 rings (SSSR count). The highest BCUT2D eigenvalue weighted by Crippen LogP contribution is 2.11. The molecule has 0 unspecified atom stereocenters. The van der Waals surface area contributed by atoms with E-state index in [0.717, 1.165) is 32.1 Å². The lowest BCUT2D eigenvalue weighted by Crippen LogP contribution is -1.92. The molecule has 0 amide bonds. The van der Waals surface area contributed by atoms with Crippen LogP contribution in [0.15, 0.2) is 12.2 Å². The molecule has 0 aliphatic heterocycles. The van der Waals surface area contributed by atoms with Gasteiger partial charge in [-0.15, -0.1) is 0 Å². The predicted octanol–water partition coefficient (Wildman–Crippen LogP) is 5.08. The van der Waals surface area contributed by atoms with Crippen LogP contribution < -0.4 is 0 Å². The van der Waals surface area contributed by atoms with E-state index < -0.39 is 5.97 Å². The Hall–Kier alpha value is -0.830. The van der Waals surface area contributed by atoms with Crippen LogP contribution in [-0.4, -0.2) is 22.8 Å². The van der Waals surface area contributed by atoms with E-state index in [9.17, 15) is 4.79 Å². The fourth-order valence-electron chi connectivity index (χ4n) is 2.39. The molecule has 0 saturated heterocycles. The number of allylic oxidation sites excluding steroid dienone is 2. The summed E-state index contributed by atoms with van der Waals surface area (Å²) in [5.41, 5.74) is 0. The van der Waals surface area contributed by atoms with Crippen LogP contribution in [0.2, 0.25) is 0 Å². The molecule has 0 aromatic heterocycles. The summed E-state index contributed by atoms with van der Waals surface area (Å²) in [7, 11) is 0. The zero-order valence-corrected chi connectivity index (χ0v) is 13.6. The van der Waals surface area contributed by atoms with Gasteiger partial charge in [-0.2, -0.15) is 0 Å². The summed E-state index contributed by atoms with van der Waals surface area (Å²) in [6.45, 7) is 0.340. The number of carboxylic acids is 1. The second kappa shape index (κ2) is 17.2. The number of carbonyl (C=O) groups is 1. The third-order valence-corrected chi connectivity index (χ3v) is 3.71. The average molecular weight is 298 g/mol. The minimum absolute atomic E-state index is 0.299. The van der Waals surface area contributed by atoms with Crippen molar-refractivity contribution in [3.63, 3.8) is 0 Å². The number of hydrogen-bond acceptors (Lipinski definition) is 2. The van der Waals surface area contributed by atoms with Crippen molar-refractivity contribution in [3.8, 4) is 0 Å². The minimum Gasteiger partial charge on any atom is -0.481 e. The first-order valence-corrected chi connectivity index (χ1v) is 8.75. The van der Waals surface area contributed by atoms with E-state index in [1.54, 1.807) is 0 Å². The number of rotatable bonds is 16. The lowest BCUT2D eigenvalue weighted by atomic mass is 10.1. The molecule has 0 aromatic rings. The van der Waals surface area contributed by atoms with E-state index in [0.29, 0.717) is 13.0 Å². The normalized spacial score (nSPS) is 11.3. The Morgan fingerprint density at radius 2 is 1.10 bits per heavy atom. The maximum atomic E-state index is 10.3. The predicted molar refractivity (Wildman–Crippen MR) is 88.5 cm³/mol. The fraction of sp³-hybridized carbons (Fsp3) is 0.833. The minimum atomic E-state index is -0.688. The molecule has 3 nitrogen and oxygen atoms in total. The van der Waals surface area contributed by atoms with Gasteiger partial charge in [0.15, 0.2) is 0 Å². The third-order valence-electron chi connectivity index (χ3n) is 3.71. The van der Waals surface area contributed by atoms with Crippen molar-refractivity contribution in [2.75, 3.05) is 6.61 Å². The van der Waals surface area contributed by atoms with Gasteiger partial charge in [-0.05, 0) is 38.5 Å². The van der Waals surface area contributed by atoms with Gasteiger partial charge in [0.2, 0.25) is 0 Å².